The number of anilines is 1. The molecule has 1 saturated carbocycles. The fourth-order valence-electron chi connectivity index (χ4n) is 5.49. The van der Waals surface area contributed by atoms with Crippen LogP contribution in [0.15, 0.2) is 54.9 Å². The molecule has 0 bridgehead atoms. The van der Waals surface area contributed by atoms with Crippen LogP contribution in [0.4, 0.5) is 14.9 Å². The number of nitrogens with one attached hydrogen (secondary N) is 3. The molecule has 8 nitrogen and oxygen atoms in total. The lowest BCUT2D eigenvalue weighted by atomic mass is 10.0. The molecule has 1 aromatic carbocycles. The number of aromatic nitrogens is 2. The van der Waals surface area contributed by atoms with Gasteiger partial charge in [-0.15, -0.1) is 11.3 Å². The van der Waals surface area contributed by atoms with Crippen molar-refractivity contribution in [3.8, 4) is 22.1 Å². The summed E-state index contributed by atoms with van der Waals surface area (Å²) in [5.74, 6) is 1.60. The first kappa shape index (κ1) is 24.4. The van der Waals surface area contributed by atoms with Gasteiger partial charge in [0.25, 0.3) is 0 Å². The Morgan fingerprint density at radius 2 is 1.92 bits per heavy atom. The van der Waals surface area contributed by atoms with Crippen LogP contribution in [-0.2, 0) is 6.54 Å². The number of rotatable bonds is 7. The third-order valence-corrected chi connectivity index (χ3v) is 8.81. The highest BCUT2D eigenvalue weighted by Gasteiger charge is 2.35. The van der Waals surface area contributed by atoms with E-state index in [1.165, 1.54) is 29.0 Å². The zero-order valence-electron chi connectivity index (χ0n) is 21.3. The summed E-state index contributed by atoms with van der Waals surface area (Å²) in [6, 6.07) is 12.2. The lowest BCUT2D eigenvalue weighted by molar-refractivity contribution is 0.251. The van der Waals surface area contributed by atoms with Crippen molar-refractivity contribution in [2.75, 3.05) is 31.5 Å². The minimum absolute atomic E-state index is 0.0786. The number of thiophene rings is 1. The predicted octanol–water partition coefficient (Wildman–Crippen LogP) is 5.22. The van der Waals surface area contributed by atoms with E-state index in [1.54, 1.807) is 18.3 Å². The number of likely N-dealkylation sites (tertiary alicyclic amines) is 1. The quantitative estimate of drug-likeness (QED) is 0.295. The normalized spacial score (nSPS) is 20.7. The molecule has 0 spiro atoms. The molecule has 2 amide bonds. The Labute approximate surface area is 229 Å². The number of urea groups is 1. The fourth-order valence-corrected chi connectivity index (χ4v) is 6.53. The van der Waals surface area contributed by atoms with Gasteiger partial charge in [0, 0.05) is 55.9 Å². The van der Waals surface area contributed by atoms with E-state index < -0.39 is 5.82 Å². The van der Waals surface area contributed by atoms with Gasteiger partial charge in [0.2, 0.25) is 0 Å². The van der Waals surface area contributed by atoms with Crippen molar-refractivity contribution < 1.29 is 13.9 Å². The van der Waals surface area contributed by atoms with Crippen LogP contribution >= 0.6 is 11.3 Å². The van der Waals surface area contributed by atoms with Gasteiger partial charge in [0.1, 0.15) is 5.75 Å². The van der Waals surface area contributed by atoms with Crippen molar-refractivity contribution >= 4 is 33.3 Å². The number of fused-ring (bicyclic) bond motifs is 2. The second-order valence-electron chi connectivity index (χ2n) is 10.7. The summed E-state index contributed by atoms with van der Waals surface area (Å²) in [6.45, 7) is 5.51. The van der Waals surface area contributed by atoms with Crippen LogP contribution in [0.1, 0.15) is 18.4 Å². The Balaban J connectivity index is 1.05. The molecule has 3 N–H and O–H groups in total. The third kappa shape index (κ3) is 5.32. The number of carbonyl (C=O) groups excluding carboxylic acids is 1. The van der Waals surface area contributed by atoms with Gasteiger partial charge in [-0.2, -0.15) is 0 Å². The van der Waals surface area contributed by atoms with Crippen molar-refractivity contribution in [3.05, 3.63) is 66.2 Å². The average molecular weight is 545 g/mol. The number of amides is 2. The summed E-state index contributed by atoms with van der Waals surface area (Å²) in [6.07, 6.45) is 5.59. The Bertz CT molecular complexity index is 1510. The van der Waals surface area contributed by atoms with E-state index in [0.29, 0.717) is 11.4 Å². The van der Waals surface area contributed by atoms with E-state index >= 15 is 0 Å². The minimum atomic E-state index is -0.559. The monoisotopic (exact) mass is 544 g/mol. The molecule has 1 aliphatic carbocycles. The van der Waals surface area contributed by atoms with E-state index in [9.17, 15) is 9.18 Å². The van der Waals surface area contributed by atoms with Crippen molar-refractivity contribution in [1.29, 1.82) is 0 Å². The van der Waals surface area contributed by atoms with Crippen LogP contribution in [0.2, 0.25) is 0 Å². The summed E-state index contributed by atoms with van der Waals surface area (Å²) < 4.78 is 21.6. The molecule has 7 rings (SSSR count). The number of pyridine rings is 2. The highest BCUT2D eigenvalue weighted by molar-refractivity contribution is 7.22. The van der Waals surface area contributed by atoms with Crippen LogP contribution < -0.4 is 20.7 Å². The van der Waals surface area contributed by atoms with E-state index in [-0.39, 0.29) is 17.8 Å². The molecule has 3 aromatic heterocycles. The van der Waals surface area contributed by atoms with Crippen molar-refractivity contribution in [3.63, 3.8) is 0 Å². The SMILES string of the molecule is O=C(Nc1ccc(Oc2ccnc3cc(-c4ccc(CN5CC6CNCC6C5)cn4)sc23)c(F)c1)NC1CC1. The van der Waals surface area contributed by atoms with E-state index in [4.69, 9.17) is 9.72 Å². The maximum Gasteiger partial charge on any atom is 0.319 e. The second-order valence-corrected chi connectivity index (χ2v) is 11.7. The zero-order valence-corrected chi connectivity index (χ0v) is 22.1. The molecule has 3 aliphatic rings. The van der Waals surface area contributed by atoms with Gasteiger partial charge in [0.15, 0.2) is 11.6 Å². The molecular weight excluding hydrogens is 515 g/mol. The largest absolute Gasteiger partial charge is 0.453 e. The lowest BCUT2D eigenvalue weighted by Crippen LogP contribution is -2.30. The number of ether oxygens (including phenoxy) is 1. The third-order valence-electron chi connectivity index (χ3n) is 7.65. The molecule has 0 radical (unpaired) electrons. The van der Waals surface area contributed by atoms with E-state index in [2.05, 4.69) is 38.0 Å². The molecule has 10 heteroatoms. The molecule has 2 aliphatic heterocycles. The lowest BCUT2D eigenvalue weighted by Gasteiger charge is -2.16. The summed E-state index contributed by atoms with van der Waals surface area (Å²) in [4.78, 5) is 24.7. The highest BCUT2D eigenvalue weighted by Crippen LogP contribution is 2.39. The number of nitrogens with zero attached hydrogens (tertiary/aromatic N) is 3. The fraction of sp³-hybridized carbons (Fsp3) is 0.345. The number of hydrogen-bond acceptors (Lipinski definition) is 7. The van der Waals surface area contributed by atoms with Gasteiger partial charge in [-0.05, 0) is 67.6 Å². The maximum absolute atomic E-state index is 14.9. The van der Waals surface area contributed by atoms with Crippen LogP contribution in [-0.4, -0.2) is 53.1 Å². The predicted molar refractivity (Wildman–Crippen MR) is 150 cm³/mol. The highest BCUT2D eigenvalue weighted by atomic mass is 32.1. The van der Waals surface area contributed by atoms with E-state index in [0.717, 1.165) is 78.2 Å². The van der Waals surface area contributed by atoms with Gasteiger partial charge in [0.05, 0.1) is 20.8 Å². The van der Waals surface area contributed by atoms with Gasteiger partial charge in [-0.25, -0.2) is 9.18 Å². The second kappa shape index (κ2) is 10.2. The van der Waals surface area contributed by atoms with Crippen molar-refractivity contribution in [1.82, 2.24) is 25.5 Å². The standard InChI is InChI=1S/C29H29FN6O2S/c30-22-9-21(35-29(37)34-20-2-3-20)4-6-25(22)38-26-7-8-32-24-10-27(39-28(24)26)23-5-1-17(11-33-23)14-36-15-18-12-31-13-19(18)16-36/h1,4-11,18-20,31H,2-3,12-16H2,(H2,34,35,37). The first-order chi connectivity index (χ1) is 19.1. The first-order valence-corrected chi connectivity index (χ1v) is 14.2. The summed E-state index contributed by atoms with van der Waals surface area (Å²) in [5, 5.41) is 8.98. The Hall–Kier alpha value is -3.60. The molecule has 2 unspecified atom stereocenters. The zero-order chi connectivity index (χ0) is 26.3. The molecule has 2 atom stereocenters. The van der Waals surface area contributed by atoms with Gasteiger partial charge in [-0.3, -0.25) is 14.9 Å². The molecule has 4 aromatic rings. The summed E-state index contributed by atoms with van der Waals surface area (Å²) in [7, 11) is 0. The number of carbonyl (C=O) groups is 1. The molecule has 3 fully saturated rings. The molecule has 39 heavy (non-hydrogen) atoms. The summed E-state index contributed by atoms with van der Waals surface area (Å²) in [5.41, 5.74) is 3.23. The smallest absolute Gasteiger partial charge is 0.319 e. The Morgan fingerprint density at radius 3 is 2.67 bits per heavy atom. The average Bonchev–Trinajstić information content (AvgIpc) is 3.28. The number of halogens is 1. The topological polar surface area (TPSA) is 91.4 Å². The number of benzene rings is 1. The minimum Gasteiger partial charge on any atom is -0.453 e. The first-order valence-electron chi connectivity index (χ1n) is 13.4. The number of hydrogen-bond donors (Lipinski definition) is 3. The van der Waals surface area contributed by atoms with Crippen LogP contribution in [0.3, 0.4) is 0 Å². The maximum atomic E-state index is 14.9. The van der Waals surface area contributed by atoms with Crippen LogP contribution in [0, 0.1) is 17.7 Å². The van der Waals surface area contributed by atoms with Crippen molar-refractivity contribution in [2.45, 2.75) is 25.4 Å². The van der Waals surface area contributed by atoms with Gasteiger partial charge >= 0.3 is 6.03 Å². The molecule has 2 saturated heterocycles. The van der Waals surface area contributed by atoms with Gasteiger partial charge < -0.3 is 20.7 Å². The molecular formula is C29H29FN6O2S. The van der Waals surface area contributed by atoms with Gasteiger partial charge in [-0.1, -0.05) is 6.07 Å². The van der Waals surface area contributed by atoms with Crippen LogP contribution in [0.5, 0.6) is 11.5 Å². The Morgan fingerprint density at radius 1 is 1.08 bits per heavy atom. The van der Waals surface area contributed by atoms with Crippen LogP contribution in [0.25, 0.3) is 20.8 Å². The molecule has 200 valence electrons. The Kier molecular flexibility index (Phi) is 6.38. The summed E-state index contributed by atoms with van der Waals surface area (Å²) >= 11 is 1.52. The van der Waals surface area contributed by atoms with Crippen molar-refractivity contribution in [2.24, 2.45) is 11.8 Å². The molecule has 5 heterocycles. The van der Waals surface area contributed by atoms with E-state index in [1.807, 2.05) is 12.3 Å².